The van der Waals surface area contributed by atoms with Gasteiger partial charge in [-0.2, -0.15) is 18.3 Å². The Hall–Kier alpha value is -3.87. The molecule has 4 rings (SSSR count). The third-order valence-corrected chi connectivity index (χ3v) is 6.02. The number of hydrogen-bond acceptors (Lipinski definition) is 5. The summed E-state index contributed by atoms with van der Waals surface area (Å²) >= 11 is 3.83. The van der Waals surface area contributed by atoms with E-state index in [4.69, 9.17) is 11.6 Å². The number of anilines is 1. The zero-order chi connectivity index (χ0) is 26.0. The fraction of sp³-hybridized carbons (Fsp3) is 0.0435. The molecule has 1 amide bonds. The summed E-state index contributed by atoms with van der Waals surface area (Å²) in [5, 5.41) is 9.10. The van der Waals surface area contributed by atoms with Gasteiger partial charge >= 0.3 is 6.18 Å². The van der Waals surface area contributed by atoms with Gasteiger partial charge in [0.05, 0.1) is 27.0 Å². The number of hydrogen-bond donors (Lipinski definition) is 2. The summed E-state index contributed by atoms with van der Waals surface area (Å²) in [6, 6.07) is 16.3. The Bertz CT molecular complexity index is 1490. The van der Waals surface area contributed by atoms with E-state index >= 15 is 0 Å². The maximum Gasteiger partial charge on any atom is 0.435 e. The number of benzene rings is 3. The topological polar surface area (TPSA) is 114 Å². The van der Waals surface area contributed by atoms with Gasteiger partial charge in [0.15, 0.2) is 16.8 Å². The van der Waals surface area contributed by atoms with Gasteiger partial charge in [-0.05, 0) is 53.7 Å². The van der Waals surface area contributed by atoms with Crippen molar-refractivity contribution >= 4 is 40.0 Å². The van der Waals surface area contributed by atoms with E-state index in [1.807, 2.05) is 0 Å². The summed E-state index contributed by atoms with van der Waals surface area (Å²) in [4.78, 5) is 23.7. The second-order valence-corrected chi connectivity index (χ2v) is 8.70. The van der Waals surface area contributed by atoms with E-state index in [1.165, 1.54) is 48.5 Å². The Balaban J connectivity index is 1.68. The number of amides is 1. The summed E-state index contributed by atoms with van der Waals surface area (Å²) in [6.45, 7) is 0. The molecule has 1 heterocycles. The number of alkyl halides is 3. The van der Waals surface area contributed by atoms with Crippen LogP contribution in [0, 0.1) is 4.91 Å². The third-order valence-electron chi connectivity index (χ3n) is 5.04. The van der Waals surface area contributed by atoms with Gasteiger partial charge in [-0.15, -0.1) is 4.91 Å². The maximum atomic E-state index is 13.4. The molecule has 2 N–H and O–H groups in total. The van der Waals surface area contributed by atoms with Crippen molar-refractivity contribution in [3.8, 4) is 16.9 Å². The molecule has 0 saturated heterocycles. The minimum atomic E-state index is -4.70. The highest BCUT2D eigenvalue weighted by Crippen LogP contribution is 2.35. The third kappa shape index (κ3) is 5.20. The number of carbonyl (C=O) groups excluding carboxylic acids is 1. The van der Waals surface area contributed by atoms with Gasteiger partial charge in [-0.25, -0.2) is 8.89 Å². The van der Waals surface area contributed by atoms with Crippen molar-refractivity contribution in [1.29, 1.82) is 0 Å². The molecular weight excluding hydrogens is 521 g/mol. The lowest BCUT2D eigenvalue weighted by Crippen LogP contribution is -2.12. The molecule has 1 aromatic heterocycles. The highest BCUT2D eigenvalue weighted by Gasteiger charge is 2.35. The molecule has 36 heavy (non-hydrogen) atoms. The first kappa shape index (κ1) is 25.2. The molecule has 8 nitrogen and oxygen atoms in total. The predicted molar refractivity (Wildman–Crippen MR) is 128 cm³/mol. The monoisotopic (exact) mass is 534 g/mol. The van der Waals surface area contributed by atoms with Crippen molar-refractivity contribution < 1.29 is 26.7 Å². The largest absolute Gasteiger partial charge is 0.435 e. The van der Waals surface area contributed by atoms with Gasteiger partial charge in [-0.3, -0.25) is 4.79 Å². The lowest BCUT2D eigenvalue weighted by Gasteiger charge is -2.11. The van der Waals surface area contributed by atoms with Gasteiger partial charge in [0.1, 0.15) is 5.69 Å². The molecule has 0 spiro atoms. The second-order valence-electron chi connectivity index (χ2n) is 7.33. The maximum absolute atomic E-state index is 13.4. The Kier molecular flexibility index (Phi) is 7.02. The molecule has 1 unspecified atom stereocenters. The molecule has 0 aliphatic heterocycles. The van der Waals surface area contributed by atoms with Gasteiger partial charge in [0, 0.05) is 11.1 Å². The molecule has 184 valence electrons. The Morgan fingerprint density at radius 1 is 1.06 bits per heavy atom. The van der Waals surface area contributed by atoms with Crippen LogP contribution in [0.4, 0.5) is 24.5 Å². The van der Waals surface area contributed by atoms with Crippen LogP contribution >= 0.6 is 11.6 Å². The van der Waals surface area contributed by atoms with Crippen LogP contribution in [0.15, 0.2) is 82.9 Å². The van der Waals surface area contributed by atoms with E-state index in [-0.39, 0.29) is 38.2 Å². The molecule has 4 aromatic rings. The summed E-state index contributed by atoms with van der Waals surface area (Å²) in [5.41, 5.74) is -0.597. The minimum Gasteiger partial charge on any atom is -0.320 e. The second kappa shape index (κ2) is 10.0. The van der Waals surface area contributed by atoms with Crippen LogP contribution in [0.25, 0.3) is 16.9 Å². The normalized spacial score (nSPS) is 12.2. The molecule has 13 heteroatoms. The number of nitroso groups, excluding NO2 is 1. The SMILES string of the molecule is O=Nc1ccc(S(=O)O)cc1NC(=O)c1ccc(-c2cc(C(F)(F)F)nn2-c2ccccc2Cl)cc1. The van der Waals surface area contributed by atoms with Crippen LogP contribution in [0.1, 0.15) is 16.1 Å². The van der Waals surface area contributed by atoms with E-state index in [2.05, 4.69) is 15.6 Å². The van der Waals surface area contributed by atoms with Crippen molar-refractivity contribution in [2.45, 2.75) is 11.1 Å². The first-order chi connectivity index (χ1) is 17.1. The molecule has 3 aromatic carbocycles. The summed E-state index contributed by atoms with van der Waals surface area (Å²) in [6.07, 6.45) is -4.70. The van der Waals surface area contributed by atoms with Gasteiger partial charge in [0.2, 0.25) is 0 Å². The lowest BCUT2D eigenvalue weighted by atomic mass is 10.1. The van der Waals surface area contributed by atoms with Gasteiger partial charge in [0.25, 0.3) is 5.91 Å². The van der Waals surface area contributed by atoms with Gasteiger partial charge in [-0.1, -0.05) is 35.9 Å². The van der Waals surface area contributed by atoms with Crippen molar-refractivity contribution in [3.63, 3.8) is 0 Å². The fourth-order valence-electron chi connectivity index (χ4n) is 3.32. The minimum absolute atomic E-state index is 0.0543. The van der Waals surface area contributed by atoms with Crippen molar-refractivity contribution in [1.82, 2.24) is 9.78 Å². The highest BCUT2D eigenvalue weighted by molar-refractivity contribution is 7.79. The Morgan fingerprint density at radius 2 is 1.75 bits per heavy atom. The quantitative estimate of drug-likeness (QED) is 0.218. The van der Waals surface area contributed by atoms with E-state index in [0.29, 0.717) is 5.56 Å². The standard InChI is InChI=1S/C23H14ClF3N4O4S/c24-16-3-1-2-4-19(16)31-20(12-21(29-31)23(25,26)27)13-5-7-14(8-6-13)22(32)28-18-11-15(36(34)35)9-10-17(18)30-33/h1-12H,(H,28,32)(H,34,35). The molecule has 0 saturated carbocycles. The van der Waals surface area contributed by atoms with E-state index in [9.17, 15) is 31.6 Å². The predicted octanol–water partition coefficient (Wildman–Crippen LogP) is 6.44. The number of nitrogens with one attached hydrogen (secondary N) is 1. The summed E-state index contributed by atoms with van der Waals surface area (Å²) in [7, 11) is 0. The van der Waals surface area contributed by atoms with Crippen LogP contribution in [-0.2, 0) is 17.3 Å². The van der Waals surface area contributed by atoms with Crippen LogP contribution in [0.2, 0.25) is 5.02 Å². The van der Waals surface area contributed by atoms with Gasteiger partial charge < -0.3 is 9.87 Å². The molecule has 0 bridgehead atoms. The highest BCUT2D eigenvalue weighted by atomic mass is 35.5. The van der Waals surface area contributed by atoms with Crippen LogP contribution in [0.5, 0.6) is 0 Å². The zero-order valence-electron chi connectivity index (χ0n) is 17.9. The smallest absolute Gasteiger partial charge is 0.320 e. The number of halogens is 4. The fourth-order valence-corrected chi connectivity index (χ4v) is 3.94. The van der Waals surface area contributed by atoms with Crippen molar-refractivity contribution in [3.05, 3.63) is 94.0 Å². The zero-order valence-corrected chi connectivity index (χ0v) is 19.4. The average Bonchev–Trinajstić information content (AvgIpc) is 3.30. The number of carbonyl (C=O) groups is 1. The van der Waals surface area contributed by atoms with Crippen LogP contribution in [-0.4, -0.2) is 24.4 Å². The lowest BCUT2D eigenvalue weighted by molar-refractivity contribution is -0.141. The first-order valence-corrected chi connectivity index (χ1v) is 11.5. The van der Waals surface area contributed by atoms with E-state index < -0.39 is 28.9 Å². The molecule has 0 aliphatic carbocycles. The summed E-state index contributed by atoms with van der Waals surface area (Å²) < 4.78 is 61.8. The van der Waals surface area contributed by atoms with E-state index in [1.54, 1.807) is 12.1 Å². The van der Waals surface area contributed by atoms with Crippen LogP contribution < -0.4 is 5.32 Å². The van der Waals surface area contributed by atoms with E-state index in [0.717, 1.165) is 16.8 Å². The molecule has 1 atom stereocenters. The molecular formula is C23H14ClF3N4O4S. The number of nitrogens with zero attached hydrogens (tertiary/aromatic N) is 3. The average molecular weight is 535 g/mol. The number of para-hydroxylation sites is 1. The van der Waals surface area contributed by atoms with Crippen LogP contribution in [0.3, 0.4) is 0 Å². The molecule has 0 radical (unpaired) electrons. The number of aromatic nitrogens is 2. The Morgan fingerprint density at radius 3 is 2.36 bits per heavy atom. The molecule has 0 fully saturated rings. The molecule has 0 aliphatic rings. The van der Waals surface area contributed by atoms with Crippen molar-refractivity contribution in [2.24, 2.45) is 5.18 Å². The summed E-state index contributed by atoms with van der Waals surface area (Å²) in [5.74, 6) is -0.678. The number of rotatable bonds is 6. The first-order valence-electron chi connectivity index (χ1n) is 10.0. The Labute approximate surface area is 209 Å². The van der Waals surface area contributed by atoms with Crippen molar-refractivity contribution in [2.75, 3.05) is 5.32 Å².